The Bertz CT molecular complexity index is 556. The second kappa shape index (κ2) is 7.05. The van der Waals surface area contributed by atoms with Gasteiger partial charge >= 0.3 is 0 Å². The molecule has 1 heterocycles. The van der Waals surface area contributed by atoms with Gasteiger partial charge in [-0.15, -0.1) is 11.3 Å². The summed E-state index contributed by atoms with van der Waals surface area (Å²) in [6.45, 7) is 9.93. The number of nitrogens with one attached hydrogen (secondary N) is 1. The molecule has 1 aromatic carbocycles. The Hall–Kier alpha value is -1.12. The summed E-state index contributed by atoms with van der Waals surface area (Å²) >= 11 is 1.94. The SMILES string of the molecule is CCCNC(c1ccc(CC)s1)c1cccc(C)c1C. The molecule has 1 nitrogen and oxygen atoms in total. The highest BCUT2D eigenvalue weighted by Gasteiger charge is 2.17. The van der Waals surface area contributed by atoms with E-state index >= 15 is 0 Å². The Morgan fingerprint density at radius 1 is 1.10 bits per heavy atom. The number of rotatable bonds is 6. The van der Waals surface area contributed by atoms with E-state index in [0.717, 1.165) is 19.4 Å². The predicted molar refractivity (Wildman–Crippen MR) is 89.7 cm³/mol. The standard InChI is InChI=1S/C18H25NS/c1-5-12-19-18(17-11-10-15(6-2)20-17)16-9-7-8-13(3)14(16)4/h7-11,18-19H,5-6,12H2,1-4H3. The zero-order valence-corrected chi connectivity index (χ0v) is 13.8. The molecule has 1 N–H and O–H groups in total. The van der Waals surface area contributed by atoms with Gasteiger partial charge in [-0.25, -0.2) is 0 Å². The third kappa shape index (κ3) is 3.31. The van der Waals surface area contributed by atoms with Crippen molar-refractivity contribution in [3.8, 4) is 0 Å². The van der Waals surface area contributed by atoms with Gasteiger partial charge in [0, 0.05) is 9.75 Å². The third-order valence-electron chi connectivity index (χ3n) is 3.87. The first kappa shape index (κ1) is 15.3. The van der Waals surface area contributed by atoms with Crippen molar-refractivity contribution in [3.63, 3.8) is 0 Å². The third-order valence-corrected chi connectivity index (χ3v) is 5.17. The van der Waals surface area contributed by atoms with Crippen molar-refractivity contribution in [2.24, 2.45) is 0 Å². The van der Waals surface area contributed by atoms with Crippen LogP contribution in [0.5, 0.6) is 0 Å². The number of benzene rings is 1. The molecule has 108 valence electrons. The molecule has 2 rings (SSSR count). The van der Waals surface area contributed by atoms with Crippen LogP contribution >= 0.6 is 11.3 Å². The average Bonchev–Trinajstić information content (AvgIpc) is 2.92. The van der Waals surface area contributed by atoms with Gasteiger partial charge in [0.15, 0.2) is 0 Å². The van der Waals surface area contributed by atoms with Crippen LogP contribution in [0.3, 0.4) is 0 Å². The predicted octanol–water partition coefficient (Wildman–Crippen LogP) is 5.02. The quantitative estimate of drug-likeness (QED) is 0.787. The van der Waals surface area contributed by atoms with E-state index in [0.29, 0.717) is 6.04 Å². The zero-order chi connectivity index (χ0) is 14.5. The van der Waals surface area contributed by atoms with Gasteiger partial charge in [0.25, 0.3) is 0 Å². The molecule has 0 aliphatic heterocycles. The minimum absolute atomic E-state index is 0.333. The fourth-order valence-corrected chi connectivity index (χ4v) is 3.53. The molecule has 1 atom stereocenters. The van der Waals surface area contributed by atoms with E-state index in [-0.39, 0.29) is 0 Å². The lowest BCUT2D eigenvalue weighted by Gasteiger charge is -2.21. The summed E-state index contributed by atoms with van der Waals surface area (Å²) in [5.41, 5.74) is 4.20. The number of aryl methyl sites for hydroxylation is 2. The van der Waals surface area contributed by atoms with Gasteiger partial charge in [-0.1, -0.05) is 32.0 Å². The lowest BCUT2D eigenvalue weighted by molar-refractivity contribution is 0.603. The molecule has 0 saturated carbocycles. The van der Waals surface area contributed by atoms with E-state index in [1.165, 1.54) is 26.4 Å². The van der Waals surface area contributed by atoms with Crippen LogP contribution in [-0.4, -0.2) is 6.54 Å². The number of hydrogen-bond acceptors (Lipinski definition) is 2. The van der Waals surface area contributed by atoms with Crippen LogP contribution in [0.4, 0.5) is 0 Å². The fraction of sp³-hybridized carbons (Fsp3) is 0.444. The van der Waals surface area contributed by atoms with Gasteiger partial charge < -0.3 is 5.32 Å². The van der Waals surface area contributed by atoms with Crippen molar-refractivity contribution in [1.82, 2.24) is 5.32 Å². The van der Waals surface area contributed by atoms with Crippen LogP contribution < -0.4 is 5.32 Å². The summed E-state index contributed by atoms with van der Waals surface area (Å²) < 4.78 is 0. The molecule has 2 heteroatoms. The van der Waals surface area contributed by atoms with Crippen molar-refractivity contribution < 1.29 is 0 Å². The molecule has 20 heavy (non-hydrogen) atoms. The topological polar surface area (TPSA) is 12.0 Å². The zero-order valence-electron chi connectivity index (χ0n) is 13.0. The molecule has 0 aliphatic carbocycles. The minimum atomic E-state index is 0.333. The molecule has 2 aromatic rings. The normalized spacial score (nSPS) is 12.6. The van der Waals surface area contributed by atoms with E-state index in [2.05, 4.69) is 63.3 Å². The molecule has 0 fully saturated rings. The summed E-state index contributed by atoms with van der Waals surface area (Å²) in [5, 5.41) is 3.72. The van der Waals surface area contributed by atoms with Crippen molar-refractivity contribution in [2.75, 3.05) is 6.54 Å². The smallest absolute Gasteiger partial charge is 0.0673 e. The van der Waals surface area contributed by atoms with Gasteiger partial charge in [-0.05, 0) is 62.1 Å². The lowest BCUT2D eigenvalue weighted by Crippen LogP contribution is -2.23. The molecule has 0 spiro atoms. The van der Waals surface area contributed by atoms with Gasteiger partial charge in [-0.2, -0.15) is 0 Å². The van der Waals surface area contributed by atoms with Gasteiger partial charge in [0.2, 0.25) is 0 Å². The molecule has 1 aromatic heterocycles. The van der Waals surface area contributed by atoms with E-state index < -0.39 is 0 Å². The first-order chi connectivity index (χ1) is 9.67. The molecule has 0 aliphatic rings. The summed E-state index contributed by atoms with van der Waals surface area (Å²) in [5.74, 6) is 0. The number of hydrogen-bond donors (Lipinski definition) is 1. The van der Waals surface area contributed by atoms with E-state index in [1.807, 2.05) is 11.3 Å². The van der Waals surface area contributed by atoms with Crippen LogP contribution in [0.2, 0.25) is 0 Å². The first-order valence-electron chi connectivity index (χ1n) is 7.55. The molecular weight excluding hydrogens is 262 g/mol. The molecule has 1 unspecified atom stereocenters. The lowest BCUT2D eigenvalue weighted by atomic mass is 9.96. The minimum Gasteiger partial charge on any atom is -0.306 e. The Morgan fingerprint density at radius 2 is 1.90 bits per heavy atom. The maximum absolute atomic E-state index is 3.72. The van der Waals surface area contributed by atoms with Gasteiger partial charge in [0.1, 0.15) is 0 Å². The van der Waals surface area contributed by atoms with Crippen LogP contribution in [-0.2, 0) is 6.42 Å². The highest BCUT2D eigenvalue weighted by molar-refractivity contribution is 7.12. The summed E-state index contributed by atoms with van der Waals surface area (Å²) in [7, 11) is 0. The van der Waals surface area contributed by atoms with E-state index in [1.54, 1.807) is 0 Å². The van der Waals surface area contributed by atoms with Crippen LogP contribution in [0.25, 0.3) is 0 Å². The van der Waals surface area contributed by atoms with Gasteiger partial charge in [0.05, 0.1) is 6.04 Å². The summed E-state index contributed by atoms with van der Waals surface area (Å²) in [6, 6.07) is 11.5. The summed E-state index contributed by atoms with van der Waals surface area (Å²) in [4.78, 5) is 2.90. The maximum atomic E-state index is 3.72. The van der Waals surface area contributed by atoms with Crippen molar-refractivity contribution in [1.29, 1.82) is 0 Å². The van der Waals surface area contributed by atoms with E-state index in [4.69, 9.17) is 0 Å². The highest BCUT2D eigenvalue weighted by atomic mass is 32.1. The van der Waals surface area contributed by atoms with Crippen LogP contribution in [0, 0.1) is 13.8 Å². The largest absolute Gasteiger partial charge is 0.306 e. The monoisotopic (exact) mass is 287 g/mol. The molecule has 0 amide bonds. The molecular formula is C18H25NS. The Labute approximate surface area is 127 Å². The first-order valence-corrected chi connectivity index (χ1v) is 8.37. The summed E-state index contributed by atoms with van der Waals surface area (Å²) in [6.07, 6.45) is 2.28. The Morgan fingerprint density at radius 3 is 2.55 bits per heavy atom. The van der Waals surface area contributed by atoms with E-state index in [9.17, 15) is 0 Å². The highest BCUT2D eigenvalue weighted by Crippen LogP contribution is 2.31. The second-order valence-electron chi connectivity index (χ2n) is 5.33. The van der Waals surface area contributed by atoms with Crippen molar-refractivity contribution in [3.05, 3.63) is 56.8 Å². The average molecular weight is 287 g/mol. The molecule has 0 radical (unpaired) electrons. The fourth-order valence-electron chi connectivity index (χ4n) is 2.48. The van der Waals surface area contributed by atoms with Gasteiger partial charge in [-0.3, -0.25) is 0 Å². The molecule has 0 saturated heterocycles. The molecule has 0 bridgehead atoms. The maximum Gasteiger partial charge on any atom is 0.0673 e. The Kier molecular flexibility index (Phi) is 5.38. The van der Waals surface area contributed by atoms with Crippen LogP contribution in [0.15, 0.2) is 30.3 Å². The van der Waals surface area contributed by atoms with Crippen molar-refractivity contribution >= 4 is 11.3 Å². The second-order valence-corrected chi connectivity index (χ2v) is 6.53. The Balaban J connectivity index is 2.38. The van der Waals surface area contributed by atoms with Crippen molar-refractivity contribution in [2.45, 2.75) is 46.6 Å². The number of thiophene rings is 1. The van der Waals surface area contributed by atoms with Crippen LogP contribution in [0.1, 0.15) is 52.8 Å².